The van der Waals surface area contributed by atoms with Gasteiger partial charge in [-0.3, -0.25) is 0 Å². The molecule has 0 unspecified atom stereocenters. The molecule has 0 aliphatic rings. The number of ether oxygens (including phenoxy) is 1. The number of rotatable bonds is 6. The Balaban J connectivity index is 2.53. The normalized spacial score (nSPS) is 10.3. The van der Waals surface area contributed by atoms with Crippen molar-refractivity contribution in [2.24, 2.45) is 0 Å². The van der Waals surface area contributed by atoms with Gasteiger partial charge in [-0.15, -0.1) is 0 Å². The smallest absolute Gasteiger partial charge is 0.169 e. The lowest BCUT2D eigenvalue weighted by molar-refractivity contribution is 0.383. The molecular weight excluding hydrogens is 308 g/mol. The summed E-state index contributed by atoms with van der Waals surface area (Å²) < 4.78 is 19.6. The van der Waals surface area contributed by atoms with Gasteiger partial charge in [0.15, 0.2) is 11.6 Å². The largest absolute Gasteiger partial charge is 0.494 e. The Labute approximate surface area is 103 Å². The highest BCUT2D eigenvalue weighted by molar-refractivity contribution is 14.1. The van der Waals surface area contributed by atoms with Gasteiger partial charge < -0.3 is 10.1 Å². The first-order chi connectivity index (χ1) is 7.29. The number of alkyl halides is 1. The molecule has 4 heteroatoms. The van der Waals surface area contributed by atoms with Gasteiger partial charge in [0.1, 0.15) is 0 Å². The van der Waals surface area contributed by atoms with Gasteiger partial charge in [-0.2, -0.15) is 0 Å². The first-order valence-electron chi connectivity index (χ1n) is 4.87. The molecule has 0 aliphatic heterocycles. The summed E-state index contributed by atoms with van der Waals surface area (Å²) in [5.41, 5.74) is 0.655. The third-order valence-electron chi connectivity index (χ3n) is 2.07. The van der Waals surface area contributed by atoms with Crippen molar-refractivity contribution in [1.29, 1.82) is 0 Å². The molecule has 15 heavy (non-hydrogen) atoms. The molecule has 0 saturated carbocycles. The molecule has 1 rings (SSSR count). The molecule has 0 atom stereocenters. The molecule has 1 aromatic carbocycles. The van der Waals surface area contributed by atoms with Gasteiger partial charge in [0, 0.05) is 16.5 Å². The summed E-state index contributed by atoms with van der Waals surface area (Å²) in [6.07, 6.45) is 1.10. The Morgan fingerprint density at radius 3 is 2.93 bits per heavy atom. The van der Waals surface area contributed by atoms with Crippen LogP contribution >= 0.6 is 22.6 Å². The molecule has 0 radical (unpaired) electrons. The van der Waals surface area contributed by atoms with Crippen molar-refractivity contribution in [2.75, 3.05) is 18.1 Å². The van der Waals surface area contributed by atoms with E-state index in [0.29, 0.717) is 17.9 Å². The second-order valence-corrected chi connectivity index (χ2v) is 4.23. The minimum atomic E-state index is -0.262. The number of halogens is 2. The highest BCUT2D eigenvalue weighted by Gasteiger charge is 2.06. The molecule has 2 nitrogen and oxygen atoms in total. The van der Waals surface area contributed by atoms with Gasteiger partial charge in [-0.25, -0.2) is 4.39 Å². The maximum atomic E-state index is 13.6. The lowest BCUT2D eigenvalue weighted by Gasteiger charge is -2.08. The van der Waals surface area contributed by atoms with Crippen LogP contribution < -0.4 is 10.1 Å². The molecule has 84 valence electrons. The van der Waals surface area contributed by atoms with Crippen LogP contribution in [0.3, 0.4) is 0 Å². The number of hydrogen-bond donors (Lipinski definition) is 1. The van der Waals surface area contributed by atoms with E-state index in [2.05, 4.69) is 27.9 Å². The second kappa shape index (κ2) is 7.00. The average Bonchev–Trinajstić information content (AvgIpc) is 2.26. The number of hydrogen-bond acceptors (Lipinski definition) is 2. The van der Waals surface area contributed by atoms with Crippen molar-refractivity contribution in [3.05, 3.63) is 29.6 Å². The van der Waals surface area contributed by atoms with Crippen molar-refractivity contribution in [3.63, 3.8) is 0 Å². The Hall–Kier alpha value is -0.360. The van der Waals surface area contributed by atoms with Crippen molar-refractivity contribution in [1.82, 2.24) is 5.32 Å². The van der Waals surface area contributed by atoms with Crippen LogP contribution in [0.25, 0.3) is 0 Å². The SMILES string of the molecule is COc1cccc(CNCCCI)c1F. The van der Waals surface area contributed by atoms with Crippen LogP contribution in [-0.4, -0.2) is 18.1 Å². The quantitative estimate of drug-likeness (QED) is 0.494. The van der Waals surface area contributed by atoms with E-state index in [0.717, 1.165) is 17.4 Å². The van der Waals surface area contributed by atoms with Gasteiger partial charge in [0.25, 0.3) is 0 Å². The number of methoxy groups -OCH3 is 1. The number of benzene rings is 1. The Morgan fingerprint density at radius 2 is 2.27 bits per heavy atom. The van der Waals surface area contributed by atoms with Crippen LogP contribution in [-0.2, 0) is 6.54 Å². The zero-order valence-electron chi connectivity index (χ0n) is 8.72. The van der Waals surface area contributed by atoms with Gasteiger partial charge in [0.2, 0.25) is 0 Å². The fraction of sp³-hybridized carbons (Fsp3) is 0.455. The molecule has 0 heterocycles. The van der Waals surface area contributed by atoms with Crippen LogP contribution in [0.1, 0.15) is 12.0 Å². The second-order valence-electron chi connectivity index (χ2n) is 3.15. The highest BCUT2D eigenvalue weighted by Crippen LogP contribution is 2.19. The van der Waals surface area contributed by atoms with E-state index in [1.807, 2.05) is 0 Å². The Bertz CT molecular complexity index is 307. The summed E-state index contributed by atoms with van der Waals surface area (Å²) in [5, 5.41) is 3.19. The molecular formula is C11H15FINO. The molecule has 0 amide bonds. The summed E-state index contributed by atoms with van der Waals surface area (Å²) in [5.74, 6) is 0.0464. The Kier molecular flexibility index (Phi) is 5.93. The maximum absolute atomic E-state index is 13.6. The topological polar surface area (TPSA) is 21.3 Å². The number of nitrogens with one attached hydrogen (secondary N) is 1. The highest BCUT2D eigenvalue weighted by atomic mass is 127. The first kappa shape index (κ1) is 12.7. The first-order valence-corrected chi connectivity index (χ1v) is 6.40. The summed E-state index contributed by atoms with van der Waals surface area (Å²) in [4.78, 5) is 0. The van der Waals surface area contributed by atoms with Crippen LogP contribution in [0.15, 0.2) is 18.2 Å². The summed E-state index contributed by atoms with van der Waals surface area (Å²) in [7, 11) is 1.48. The van der Waals surface area contributed by atoms with Gasteiger partial charge >= 0.3 is 0 Å². The molecule has 0 spiro atoms. The maximum Gasteiger partial charge on any atom is 0.169 e. The average molecular weight is 323 g/mol. The molecule has 0 saturated heterocycles. The van der Waals surface area contributed by atoms with Crippen molar-refractivity contribution < 1.29 is 9.13 Å². The van der Waals surface area contributed by atoms with E-state index in [1.165, 1.54) is 7.11 Å². The van der Waals surface area contributed by atoms with Gasteiger partial charge in [-0.05, 0) is 19.0 Å². The minimum Gasteiger partial charge on any atom is -0.494 e. The van der Waals surface area contributed by atoms with E-state index in [1.54, 1.807) is 18.2 Å². The van der Waals surface area contributed by atoms with E-state index in [4.69, 9.17) is 4.74 Å². The van der Waals surface area contributed by atoms with E-state index < -0.39 is 0 Å². The lowest BCUT2D eigenvalue weighted by Crippen LogP contribution is -2.16. The van der Waals surface area contributed by atoms with E-state index in [9.17, 15) is 4.39 Å². The van der Waals surface area contributed by atoms with Crippen LogP contribution in [0.4, 0.5) is 4.39 Å². The molecule has 1 N–H and O–H groups in total. The third kappa shape index (κ3) is 3.95. The third-order valence-corrected chi connectivity index (χ3v) is 2.83. The molecule has 0 aromatic heterocycles. The Morgan fingerprint density at radius 1 is 1.47 bits per heavy atom. The zero-order valence-corrected chi connectivity index (χ0v) is 10.9. The fourth-order valence-electron chi connectivity index (χ4n) is 1.27. The molecule has 0 bridgehead atoms. The van der Waals surface area contributed by atoms with E-state index >= 15 is 0 Å². The van der Waals surface area contributed by atoms with Gasteiger partial charge in [0.05, 0.1) is 7.11 Å². The summed E-state index contributed by atoms with van der Waals surface area (Å²) in [6, 6.07) is 5.20. The standard InChI is InChI=1S/C11H15FINO/c1-15-10-5-2-4-9(11(10)12)8-14-7-3-6-13/h2,4-5,14H,3,6-8H2,1H3. The minimum absolute atomic E-state index is 0.262. The molecule has 0 fully saturated rings. The van der Waals surface area contributed by atoms with Crippen LogP contribution in [0.5, 0.6) is 5.75 Å². The monoisotopic (exact) mass is 323 g/mol. The predicted molar refractivity (Wildman–Crippen MR) is 68.2 cm³/mol. The van der Waals surface area contributed by atoms with Crippen molar-refractivity contribution >= 4 is 22.6 Å². The van der Waals surface area contributed by atoms with E-state index in [-0.39, 0.29) is 5.82 Å². The molecule has 1 aromatic rings. The van der Waals surface area contributed by atoms with Crippen molar-refractivity contribution in [3.8, 4) is 5.75 Å². The van der Waals surface area contributed by atoms with Gasteiger partial charge in [-0.1, -0.05) is 34.7 Å². The van der Waals surface area contributed by atoms with Crippen molar-refractivity contribution in [2.45, 2.75) is 13.0 Å². The summed E-state index contributed by atoms with van der Waals surface area (Å²) >= 11 is 2.33. The molecule has 0 aliphatic carbocycles. The summed E-state index contributed by atoms with van der Waals surface area (Å²) in [6.45, 7) is 1.47. The predicted octanol–water partition coefficient (Wildman–Crippen LogP) is 2.75. The fourth-order valence-corrected chi connectivity index (χ4v) is 1.65. The zero-order chi connectivity index (χ0) is 11.1. The van der Waals surface area contributed by atoms with Crippen LogP contribution in [0, 0.1) is 5.82 Å². The van der Waals surface area contributed by atoms with Crippen LogP contribution in [0.2, 0.25) is 0 Å². The lowest BCUT2D eigenvalue weighted by atomic mass is 10.2.